The molecule has 9 nitrogen and oxygen atoms in total. The molecule has 0 bridgehead atoms. The Kier molecular flexibility index (Phi) is 6.59. The van der Waals surface area contributed by atoms with Crippen LogP contribution in [0.25, 0.3) is 5.82 Å². The van der Waals surface area contributed by atoms with Gasteiger partial charge in [-0.1, -0.05) is 41.9 Å². The van der Waals surface area contributed by atoms with Crippen LogP contribution in [0, 0.1) is 0 Å². The first-order valence-corrected chi connectivity index (χ1v) is 10.1. The Bertz CT molecular complexity index is 1200. The third-order valence-corrected chi connectivity index (χ3v) is 4.72. The van der Waals surface area contributed by atoms with E-state index in [2.05, 4.69) is 31.0 Å². The number of hydrogen-bond donors (Lipinski definition) is 4. The predicted molar refractivity (Wildman–Crippen MR) is 122 cm³/mol. The topological polar surface area (TPSA) is 117 Å². The summed E-state index contributed by atoms with van der Waals surface area (Å²) in [4.78, 5) is 21.1. The largest absolute Gasteiger partial charge is 0.394 e. The number of hydrogen-bond acceptors (Lipinski definition) is 6. The summed E-state index contributed by atoms with van der Waals surface area (Å²) >= 11 is 5.99. The molecule has 0 aliphatic heterocycles. The summed E-state index contributed by atoms with van der Waals surface area (Å²) in [5.41, 5.74) is 2.02. The molecule has 0 fully saturated rings. The van der Waals surface area contributed by atoms with Crippen molar-refractivity contribution in [2.75, 3.05) is 17.2 Å². The van der Waals surface area contributed by atoms with E-state index in [1.54, 1.807) is 42.7 Å². The van der Waals surface area contributed by atoms with E-state index < -0.39 is 12.1 Å². The van der Waals surface area contributed by atoms with Gasteiger partial charge in [-0.05, 0) is 29.8 Å². The van der Waals surface area contributed by atoms with Crippen molar-refractivity contribution in [1.29, 1.82) is 0 Å². The van der Waals surface area contributed by atoms with Gasteiger partial charge in [-0.3, -0.25) is 0 Å². The van der Waals surface area contributed by atoms with E-state index in [1.165, 1.54) is 10.9 Å². The fourth-order valence-electron chi connectivity index (χ4n) is 2.98. The molecule has 0 aliphatic carbocycles. The Morgan fingerprint density at radius 2 is 1.94 bits per heavy atom. The number of anilines is 3. The second-order valence-electron chi connectivity index (χ2n) is 6.79. The smallest absolute Gasteiger partial charge is 0.319 e. The average Bonchev–Trinajstić information content (AvgIpc) is 3.27. The number of carbonyl (C=O) groups is 1. The Hall–Kier alpha value is -3.95. The van der Waals surface area contributed by atoms with Crippen LogP contribution in [0.5, 0.6) is 0 Å². The van der Waals surface area contributed by atoms with Crippen molar-refractivity contribution in [2.45, 2.75) is 6.04 Å². The Balaban J connectivity index is 1.41. The van der Waals surface area contributed by atoms with E-state index in [0.29, 0.717) is 28.0 Å². The van der Waals surface area contributed by atoms with Gasteiger partial charge in [0.05, 0.1) is 30.7 Å². The number of amides is 2. The van der Waals surface area contributed by atoms with Gasteiger partial charge in [0.15, 0.2) is 5.82 Å². The molecule has 4 aromatic rings. The van der Waals surface area contributed by atoms with Crippen molar-refractivity contribution >= 4 is 35.0 Å². The highest BCUT2D eigenvalue weighted by Crippen LogP contribution is 2.18. The van der Waals surface area contributed by atoms with Gasteiger partial charge in [0.2, 0.25) is 5.95 Å². The molecule has 32 heavy (non-hydrogen) atoms. The standard InChI is InChI=1S/C22H20ClN7O2/c23-16-6-4-5-15(11-16)19(14-31)28-22(32)27-18-12-25-30(13-18)20-9-10-24-21(29-20)26-17-7-2-1-3-8-17/h1-13,19,31H,14H2,(H,24,26,29)(H2,27,28,32)/t19-/m1/s1. The minimum Gasteiger partial charge on any atom is -0.394 e. The van der Waals surface area contributed by atoms with Gasteiger partial charge in [-0.2, -0.15) is 10.1 Å². The van der Waals surface area contributed by atoms with Crippen molar-refractivity contribution in [3.05, 3.63) is 89.8 Å². The van der Waals surface area contributed by atoms with E-state index in [-0.39, 0.29) is 6.61 Å². The average molecular weight is 450 g/mol. The lowest BCUT2D eigenvalue weighted by Crippen LogP contribution is -2.34. The lowest BCUT2D eigenvalue weighted by molar-refractivity contribution is 0.225. The van der Waals surface area contributed by atoms with Gasteiger partial charge in [-0.15, -0.1) is 0 Å². The zero-order chi connectivity index (χ0) is 22.3. The monoisotopic (exact) mass is 449 g/mol. The van der Waals surface area contributed by atoms with Crippen molar-refractivity contribution in [3.8, 4) is 5.82 Å². The minimum absolute atomic E-state index is 0.273. The van der Waals surface area contributed by atoms with Gasteiger partial charge < -0.3 is 21.1 Å². The second-order valence-corrected chi connectivity index (χ2v) is 7.23. The third kappa shape index (κ3) is 5.39. The maximum atomic E-state index is 12.4. The molecule has 2 heterocycles. The van der Waals surface area contributed by atoms with Crippen LogP contribution >= 0.6 is 11.6 Å². The molecule has 0 unspecified atom stereocenters. The van der Waals surface area contributed by atoms with Crippen LogP contribution in [0.2, 0.25) is 5.02 Å². The molecule has 0 saturated heterocycles. The normalized spacial score (nSPS) is 11.6. The number of rotatable bonds is 7. The molecule has 1 atom stereocenters. The van der Waals surface area contributed by atoms with Crippen LogP contribution in [0.1, 0.15) is 11.6 Å². The fraction of sp³-hybridized carbons (Fsp3) is 0.0909. The molecule has 2 aromatic heterocycles. The van der Waals surface area contributed by atoms with Crippen LogP contribution in [0.15, 0.2) is 79.3 Å². The minimum atomic E-state index is -0.600. The number of nitrogens with one attached hydrogen (secondary N) is 3. The van der Waals surface area contributed by atoms with Crippen LogP contribution in [0.3, 0.4) is 0 Å². The highest BCUT2D eigenvalue weighted by Gasteiger charge is 2.15. The van der Waals surface area contributed by atoms with Gasteiger partial charge >= 0.3 is 6.03 Å². The molecule has 0 spiro atoms. The number of urea groups is 1. The van der Waals surface area contributed by atoms with Gasteiger partial charge in [0, 0.05) is 23.0 Å². The molecule has 4 rings (SSSR count). The zero-order valence-electron chi connectivity index (χ0n) is 16.8. The molecule has 0 radical (unpaired) electrons. The number of aliphatic hydroxyl groups excluding tert-OH is 1. The van der Waals surface area contributed by atoms with Crippen molar-refractivity contribution < 1.29 is 9.90 Å². The van der Waals surface area contributed by atoms with Gasteiger partial charge in [0.1, 0.15) is 0 Å². The summed E-state index contributed by atoms with van der Waals surface area (Å²) in [6.07, 6.45) is 4.74. The maximum absolute atomic E-state index is 12.4. The Morgan fingerprint density at radius 3 is 2.72 bits per heavy atom. The van der Waals surface area contributed by atoms with E-state index in [9.17, 15) is 9.90 Å². The first kappa shape index (κ1) is 21.3. The molecule has 10 heteroatoms. The second kappa shape index (κ2) is 9.90. The predicted octanol–water partition coefficient (Wildman–Crippen LogP) is 3.91. The molecule has 2 aromatic carbocycles. The van der Waals surface area contributed by atoms with E-state index >= 15 is 0 Å². The molecular weight excluding hydrogens is 430 g/mol. The van der Waals surface area contributed by atoms with Crippen LogP contribution in [-0.2, 0) is 0 Å². The molecule has 4 N–H and O–H groups in total. The Morgan fingerprint density at radius 1 is 1.09 bits per heavy atom. The fourth-order valence-corrected chi connectivity index (χ4v) is 3.18. The number of benzene rings is 2. The van der Waals surface area contributed by atoms with Gasteiger partial charge in [-0.25, -0.2) is 14.5 Å². The summed E-state index contributed by atoms with van der Waals surface area (Å²) < 4.78 is 1.52. The van der Waals surface area contributed by atoms with Crippen molar-refractivity contribution in [2.24, 2.45) is 0 Å². The van der Waals surface area contributed by atoms with E-state index in [0.717, 1.165) is 5.69 Å². The SMILES string of the molecule is O=C(Nc1cnn(-c2ccnc(Nc3ccccc3)n2)c1)N[C@H](CO)c1cccc(Cl)c1. The summed E-state index contributed by atoms with van der Waals surface area (Å²) in [6, 6.07) is 17.1. The lowest BCUT2D eigenvalue weighted by atomic mass is 10.1. The number of para-hydroxylation sites is 1. The third-order valence-electron chi connectivity index (χ3n) is 4.48. The van der Waals surface area contributed by atoms with Gasteiger partial charge in [0.25, 0.3) is 0 Å². The van der Waals surface area contributed by atoms with Crippen molar-refractivity contribution in [1.82, 2.24) is 25.1 Å². The molecule has 0 aliphatic rings. The van der Waals surface area contributed by atoms with E-state index in [1.807, 2.05) is 30.3 Å². The zero-order valence-corrected chi connectivity index (χ0v) is 17.6. The molecular formula is C22H20ClN7O2. The maximum Gasteiger partial charge on any atom is 0.319 e. The highest BCUT2D eigenvalue weighted by atomic mass is 35.5. The number of aliphatic hydroxyl groups is 1. The lowest BCUT2D eigenvalue weighted by Gasteiger charge is -2.17. The number of nitrogens with zero attached hydrogens (tertiary/aromatic N) is 4. The molecule has 162 valence electrons. The summed E-state index contributed by atoms with van der Waals surface area (Å²) in [5.74, 6) is 0.947. The summed E-state index contributed by atoms with van der Waals surface area (Å²) in [5, 5.41) is 23.0. The summed E-state index contributed by atoms with van der Waals surface area (Å²) in [7, 11) is 0. The van der Waals surface area contributed by atoms with Crippen LogP contribution in [-0.4, -0.2) is 37.5 Å². The number of halogens is 1. The molecule has 0 saturated carbocycles. The van der Waals surface area contributed by atoms with Crippen LogP contribution in [0.4, 0.5) is 22.1 Å². The highest BCUT2D eigenvalue weighted by molar-refractivity contribution is 6.30. The Labute approximate surface area is 189 Å². The van der Waals surface area contributed by atoms with E-state index in [4.69, 9.17) is 11.6 Å². The molecule has 2 amide bonds. The van der Waals surface area contributed by atoms with Crippen LogP contribution < -0.4 is 16.0 Å². The summed E-state index contributed by atoms with van der Waals surface area (Å²) in [6.45, 7) is -0.273. The first-order valence-electron chi connectivity index (χ1n) is 9.75. The number of aromatic nitrogens is 4. The number of carbonyl (C=O) groups excluding carboxylic acids is 1. The first-order chi connectivity index (χ1) is 15.6. The quantitative estimate of drug-likeness (QED) is 0.340. The van der Waals surface area contributed by atoms with Crippen molar-refractivity contribution in [3.63, 3.8) is 0 Å².